The highest BCUT2D eigenvalue weighted by Crippen LogP contribution is 2.28. The normalized spacial score (nSPS) is 10.3. The zero-order valence-electron chi connectivity index (χ0n) is 11.0. The molecule has 0 aliphatic rings. The van der Waals surface area contributed by atoms with Crippen LogP contribution in [0.1, 0.15) is 22.8 Å². The van der Waals surface area contributed by atoms with Crippen molar-refractivity contribution in [3.8, 4) is 0 Å². The molecule has 0 amide bonds. The van der Waals surface area contributed by atoms with Gasteiger partial charge in [0.2, 0.25) is 0 Å². The van der Waals surface area contributed by atoms with Gasteiger partial charge in [0.1, 0.15) is 0 Å². The fourth-order valence-corrected chi connectivity index (χ4v) is 2.38. The number of carboxylic acids is 1. The lowest BCUT2D eigenvalue weighted by atomic mass is 10.1. The van der Waals surface area contributed by atoms with Gasteiger partial charge in [-0.3, -0.25) is 0 Å². The van der Waals surface area contributed by atoms with Gasteiger partial charge >= 0.3 is 5.97 Å². The number of carbonyl (C=O) groups is 1. The third-order valence-electron chi connectivity index (χ3n) is 2.99. The molecule has 20 heavy (non-hydrogen) atoms. The molecule has 5 heteroatoms. The number of nitrogen functional groups attached to an aromatic ring is 1. The predicted octanol–water partition coefficient (Wildman–Crippen LogP) is 4.04. The number of nitrogens with two attached hydrogens (primary N) is 1. The van der Waals surface area contributed by atoms with Crippen LogP contribution < -0.4 is 11.1 Å². The van der Waals surface area contributed by atoms with Gasteiger partial charge in [0.05, 0.1) is 11.3 Å². The van der Waals surface area contributed by atoms with E-state index >= 15 is 0 Å². The van der Waals surface area contributed by atoms with Crippen LogP contribution >= 0.6 is 15.9 Å². The van der Waals surface area contributed by atoms with Gasteiger partial charge < -0.3 is 16.2 Å². The molecule has 2 aromatic rings. The molecule has 0 heterocycles. The van der Waals surface area contributed by atoms with E-state index < -0.39 is 5.97 Å². The van der Waals surface area contributed by atoms with E-state index in [0.717, 1.165) is 22.1 Å². The molecule has 0 fully saturated rings. The lowest BCUT2D eigenvalue weighted by molar-refractivity contribution is 0.0698. The monoisotopic (exact) mass is 334 g/mol. The van der Waals surface area contributed by atoms with E-state index in [1.54, 1.807) is 12.1 Å². The molecule has 2 aromatic carbocycles. The number of halogens is 1. The second kappa shape index (κ2) is 5.96. The topological polar surface area (TPSA) is 75.3 Å². The van der Waals surface area contributed by atoms with Gasteiger partial charge in [0, 0.05) is 15.8 Å². The number of carboxylic acid groups (broad SMARTS) is 1. The highest BCUT2D eigenvalue weighted by Gasteiger charge is 2.12. The number of hydrogen-bond donors (Lipinski definition) is 3. The molecule has 0 atom stereocenters. The van der Waals surface area contributed by atoms with Gasteiger partial charge in [-0.15, -0.1) is 0 Å². The van der Waals surface area contributed by atoms with Crippen LogP contribution in [0.15, 0.2) is 40.9 Å². The Hall–Kier alpha value is -2.01. The summed E-state index contributed by atoms with van der Waals surface area (Å²) in [6, 6.07) is 10.7. The van der Waals surface area contributed by atoms with E-state index in [4.69, 9.17) is 5.73 Å². The zero-order chi connectivity index (χ0) is 14.7. The number of rotatable bonds is 4. The van der Waals surface area contributed by atoms with Gasteiger partial charge in [-0.25, -0.2) is 4.79 Å². The molecule has 4 nitrogen and oxygen atoms in total. The number of aryl methyl sites for hydroxylation is 1. The molecule has 0 aromatic heterocycles. The SMILES string of the molecule is CCc1cc(Br)ccc1Nc1ccc(N)cc1C(=O)O. The van der Waals surface area contributed by atoms with Crippen molar-refractivity contribution in [2.45, 2.75) is 13.3 Å². The summed E-state index contributed by atoms with van der Waals surface area (Å²) in [6.45, 7) is 2.05. The quantitative estimate of drug-likeness (QED) is 0.737. The lowest BCUT2D eigenvalue weighted by Crippen LogP contribution is -2.05. The zero-order valence-corrected chi connectivity index (χ0v) is 12.6. The molecule has 4 N–H and O–H groups in total. The van der Waals surface area contributed by atoms with E-state index in [2.05, 4.69) is 21.2 Å². The third-order valence-corrected chi connectivity index (χ3v) is 3.48. The van der Waals surface area contributed by atoms with Crippen LogP contribution in [0.25, 0.3) is 0 Å². The summed E-state index contributed by atoms with van der Waals surface area (Å²) < 4.78 is 0.996. The van der Waals surface area contributed by atoms with Gasteiger partial charge in [0.25, 0.3) is 0 Å². The molecule has 2 rings (SSSR count). The first-order valence-electron chi connectivity index (χ1n) is 6.19. The molecular formula is C15H15BrN2O2. The van der Waals surface area contributed by atoms with Crippen molar-refractivity contribution in [2.75, 3.05) is 11.1 Å². The van der Waals surface area contributed by atoms with Crippen LogP contribution in [-0.2, 0) is 6.42 Å². The Kier molecular flexibility index (Phi) is 4.29. The Morgan fingerprint density at radius 3 is 2.60 bits per heavy atom. The molecule has 0 unspecified atom stereocenters. The summed E-state index contributed by atoms with van der Waals surface area (Å²) in [5.74, 6) is -1.00. The van der Waals surface area contributed by atoms with Crippen molar-refractivity contribution in [3.05, 3.63) is 52.0 Å². The molecule has 104 valence electrons. The molecular weight excluding hydrogens is 320 g/mol. The number of anilines is 3. The van der Waals surface area contributed by atoms with Crippen LogP contribution in [0.4, 0.5) is 17.1 Å². The average molecular weight is 335 g/mol. The minimum atomic E-state index is -1.00. The van der Waals surface area contributed by atoms with Gasteiger partial charge in [-0.2, -0.15) is 0 Å². The maximum absolute atomic E-state index is 11.3. The Labute approximate surface area is 125 Å². The van der Waals surface area contributed by atoms with E-state index in [-0.39, 0.29) is 5.56 Å². The van der Waals surface area contributed by atoms with Gasteiger partial charge in [0.15, 0.2) is 0 Å². The van der Waals surface area contributed by atoms with Crippen molar-refractivity contribution in [2.24, 2.45) is 0 Å². The molecule has 0 bridgehead atoms. The summed E-state index contributed by atoms with van der Waals surface area (Å²) >= 11 is 3.43. The maximum Gasteiger partial charge on any atom is 0.337 e. The number of nitrogens with one attached hydrogen (secondary N) is 1. The summed E-state index contributed by atoms with van der Waals surface area (Å²) in [5.41, 5.74) is 8.76. The number of aromatic carboxylic acids is 1. The largest absolute Gasteiger partial charge is 0.478 e. The second-order valence-corrected chi connectivity index (χ2v) is 5.31. The molecule has 0 spiro atoms. The smallest absolute Gasteiger partial charge is 0.337 e. The van der Waals surface area contributed by atoms with Crippen LogP contribution in [0, 0.1) is 0 Å². The number of hydrogen-bond acceptors (Lipinski definition) is 3. The van der Waals surface area contributed by atoms with Gasteiger partial charge in [-0.05, 0) is 48.4 Å². The Morgan fingerprint density at radius 1 is 1.25 bits per heavy atom. The first-order valence-corrected chi connectivity index (χ1v) is 6.99. The minimum Gasteiger partial charge on any atom is -0.478 e. The van der Waals surface area contributed by atoms with Crippen molar-refractivity contribution in [3.63, 3.8) is 0 Å². The molecule has 0 saturated heterocycles. The highest BCUT2D eigenvalue weighted by molar-refractivity contribution is 9.10. The van der Waals surface area contributed by atoms with Crippen molar-refractivity contribution < 1.29 is 9.90 Å². The van der Waals surface area contributed by atoms with Gasteiger partial charge in [-0.1, -0.05) is 22.9 Å². The van der Waals surface area contributed by atoms with Crippen molar-refractivity contribution >= 4 is 39.0 Å². The first-order chi connectivity index (χ1) is 9.51. The Morgan fingerprint density at radius 2 is 1.95 bits per heavy atom. The molecule has 0 saturated carbocycles. The van der Waals surface area contributed by atoms with E-state index in [9.17, 15) is 9.90 Å². The lowest BCUT2D eigenvalue weighted by Gasteiger charge is -2.14. The summed E-state index contributed by atoms with van der Waals surface area (Å²) in [6.07, 6.45) is 0.846. The van der Waals surface area contributed by atoms with Crippen molar-refractivity contribution in [1.29, 1.82) is 0 Å². The summed E-state index contributed by atoms with van der Waals surface area (Å²) in [4.78, 5) is 11.3. The van der Waals surface area contributed by atoms with E-state index in [1.807, 2.05) is 25.1 Å². The third kappa shape index (κ3) is 3.11. The second-order valence-electron chi connectivity index (χ2n) is 4.39. The molecule has 0 radical (unpaired) electrons. The van der Waals surface area contributed by atoms with E-state index in [0.29, 0.717) is 11.4 Å². The summed E-state index contributed by atoms with van der Waals surface area (Å²) in [7, 11) is 0. The van der Waals surface area contributed by atoms with Crippen LogP contribution in [-0.4, -0.2) is 11.1 Å². The molecule has 0 aliphatic heterocycles. The first kappa shape index (κ1) is 14.4. The Bertz CT molecular complexity index is 656. The highest BCUT2D eigenvalue weighted by atomic mass is 79.9. The average Bonchev–Trinajstić information content (AvgIpc) is 2.42. The standard InChI is InChI=1S/C15H15BrN2O2/c1-2-9-7-10(16)3-5-13(9)18-14-6-4-11(17)8-12(14)15(19)20/h3-8,18H,2,17H2,1H3,(H,19,20). The fourth-order valence-electron chi connectivity index (χ4n) is 1.97. The molecule has 0 aliphatic carbocycles. The van der Waals surface area contributed by atoms with Crippen LogP contribution in [0.2, 0.25) is 0 Å². The predicted molar refractivity (Wildman–Crippen MR) is 84.6 cm³/mol. The van der Waals surface area contributed by atoms with E-state index in [1.165, 1.54) is 6.07 Å². The minimum absolute atomic E-state index is 0.162. The Balaban J connectivity index is 2.42. The fraction of sp³-hybridized carbons (Fsp3) is 0.133. The summed E-state index contributed by atoms with van der Waals surface area (Å²) in [5, 5.41) is 12.4. The van der Waals surface area contributed by atoms with Crippen molar-refractivity contribution in [1.82, 2.24) is 0 Å². The number of benzene rings is 2. The van der Waals surface area contributed by atoms with Crippen LogP contribution in [0.3, 0.4) is 0 Å². The maximum atomic E-state index is 11.3. The van der Waals surface area contributed by atoms with Crippen LogP contribution in [0.5, 0.6) is 0 Å².